The fraction of sp³-hybridized carbons (Fsp3) is 0.400. The SMILES string of the molecule is CNC(C)c1c(C)nn(Cc2ccc(Cl)cc2Cl)c1C. The van der Waals surface area contributed by atoms with E-state index in [1.54, 1.807) is 6.07 Å². The number of nitrogens with zero attached hydrogens (tertiary/aromatic N) is 2. The van der Waals surface area contributed by atoms with Crippen molar-refractivity contribution in [3.8, 4) is 0 Å². The molecule has 1 unspecified atom stereocenters. The van der Waals surface area contributed by atoms with E-state index in [0.29, 0.717) is 16.6 Å². The highest BCUT2D eigenvalue weighted by molar-refractivity contribution is 6.35. The maximum absolute atomic E-state index is 6.23. The first-order chi connectivity index (χ1) is 9.43. The average Bonchev–Trinajstić information content (AvgIpc) is 2.67. The van der Waals surface area contributed by atoms with Gasteiger partial charge in [0, 0.05) is 27.3 Å². The van der Waals surface area contributed by atoms with Crippen LogP contribution in [0, 0.1) is 13.8 Å². The lowest BCUT2D eigenvalue weighted by Crippen LogP contribution is -2.14. The minimum absolute atomic E-state index is 0.282. The molecular weight excluding hydrogens is 293 g/mol. The van der Waals surface area contributed by atoms with Gasteiger partial charge in [-0.3, -0.25) is 4.68 Å². The van der Waals surface area contributed by atoms with E-state index in [1.807, 2.05) is 30.8 Å². The molecule has 1 atom stereocenters. The summed E-state index contributed by atoms with van der Waals surface area (Å²) in [6.45, 7) is 6.92. The number of hydrogen-bond donors (Lipinski definition) is 1. The van der Waals surface area contributed by atoms with Gasteiger partial charge < -0.3 is 5.32 Å². The van der Waals surface area contributed by atoms with Crippen molar-refractivity contribution in [2.45, 2.75) is 33.4 Å². The Morgan fingerprint density at radius 1 is 1.30 bits per heavy atom. The highest BCUT2D eigenvalue weighted by Crippen LogP contribution is 2.25. The van der Waals surface area contributed by atoms with Gasteiger partial charge >= 0.3 is 0 Å². The molecule has 0 aliphatic heterocycles. The quantitative estimate of drug-likeness (QED) is 0.920. The second-order valence-electron chi connectivity index (χ2n) is 4.99. The minimum atomic E-state index is 0.282. The molecule has 0 saturated heterocycles. The number of nitrogens with one attached hydrogen (secondary N) is 1. The summed E-state index contributed by atoms with van der Waals surface area (Å²) in [6.07, 6.45) is 0. The summed E-state index contributed by atoms with van der Waals surface area (Å²) in [5.74, 6) is 0. The maximum Gasteiger partial charge on any atom is 0.0677 e. The molecule has 0 aliphatic rings. The summed E-state index contributed by atoms with van der Waals surface area (Å²) in [6, 6.07) is 5.85. The Bertz CT molecular complexity index is 620. The Labute approximate surface area is 129 Å². The monoisotopic (exact) mass is 311 g/mol. The minimum Gasteiger partial charge on any atom is -0.313 e. The molecule has 0 radical (unpaired) electrons. The first-order valence-corrected chi connectivity index (χ1v) is 7.34. The van der Waals surface area contributed by atoms with E-state index >= 15 is 0 Å². The molecule has 1 heterocycles. The lowest BCUT2D eigenvalue weighted by Gasteiger charge is -2.12. The maximum atomic E-state index is 6.23. The molecule has 3 nitrogen and oxygen atoms in total. The van der Waals surface area contributed by atoms with Gasteiger partial charge in [-0.25, -0.2) is 0 Å². The van der Waals surface area contributed by atoms with E-state index in [-0.39, 0.29) is 6.04 Å². The Hall–Kier alpha value is -1.03. The molecule has 5 heteroatoms. The molecule has 0 spiro atoms. The molecular formula is C15H19Cl2N3. The molecule has 1 N–H and O–H groups in total. The topological polar surface area (TPSA) is 29.9 Å². The lowest BCUT2D eigenvalue weighted by atomic mass is 10.1. The third kappa shape index (κ3) is 3.00. The van der Waals surface area contributed by atoms with E-state index in [4.69, 9.17) is 23.2 Å². The highest BCUT2D eigenvalue weighted by atomic mass is 35.5. The zero-order chi connectivity index (χ0) is 14.9. The second-order valence-corrected chi connectivity index (χ2v) is 5.83. The Morgan fingerprint density at radius 3 is 2.60 bits per heavy atom. The lowest BCUT2D eigenvalue weighted by molar-refractivity contribution is 0.632. The van der Waals surface area contributed by atoms with Gasteiger partial charge in [0.25, 0.3) is 0 Å². The van der Waals surface area contributed by atoms with Crippen LogP contribution in [0.15, 0.2) is 18.2 Å². The highest BCUT2D eigenvalue weighted by Gasteiger charge is 2.16. The summed E-state index contributed by atoms with van der Waals surface area (Å²) < 4.78 is 1.99. The third-order valence-corrected chi connectivity index (χ3v) is 4.23. The predicted molar refractivity (Wildman–Crippen MR) is 84.7 cm³/mol. The van der Waals surface area contributed by atoms with Gasteiger partial charge in [0.2, 0.25) is 0 Å². The van der Waals surface area contributed by atoms with Crippen LogP contribution in [0.25, 0.3) is 0 Å². The van der Waals surface area contributed by atoms with Crippen molar-refractivity contribution in [1.29, 1.82) is 0 Å². The molecule has 0 aliphatic carbocycles. The molecule has 2 rings (SSSR count). The van der Waals surface area contributed by atoms with Crippen molar-refractivity contribution >= 4 is 23.2 Å². The van der Waals surface area contributed by atoms with Gasteiger partial charge in [-0.15, -0.1) is 0 Å². The van der Waals surface area contributed by atoms with Gasteiger partial charge in [-0.05, 0) is 45.5 Å². The van der Waals surface area contributed by atoms with Crippen LogP contribution in [-0.4, -0.2) is 16.8 Å². The standard InChI is InChI=1S/C15H19Cl2N3/c1-9(18-4)15-10(2)19-20(11(15)3)8-12-5-6-13(16)7-14(12)17/h5-7,9,18H,8H2,1-4H3. The number of hydrogen-bond acceptors (Lipinski definition) is 2. The van der Waals surface area contributed by atoms with E-state index in [0.717, 1.165) is 17.0 Å². The summed E-state index contributed by atoms with van der Waals surface area (Å²) in [5, 5.41) is 9.21. The van der Waals surface area contributed by atoms with Gasteiger partial charge in [-0.2, -0.15) is 5.10 Å². The van der Waals surface area contributed by atoms with Crippen LogP contribution in [0.1, 0.15) is 35.5 Å². The first kappa shape index (κ1) is 15.4. The molecule has 0 saturated carbocycles. The fourth-order valence-corrected chi connectivity index (χ4v) is 2.92. The molecule has 1 aromatic carbocycles. The number of benzene rings is 1. The zero-order valence-corrected chi connectivity index (χ0v) is 13.7. The zero-order valence-electron chi connectivity index (χ0n) is 12.2. The smallest absolute Gasteiger partial charge is 0.0677 e. The Morgan fingerprint density at radius 2 is 2.00 bits per heavy atom. The summed E-state index contributed by atoms with van der Waals surface area (Å²) >= 11 is 12.2. The van der Waals surface area contributed by atoms with Crippen LogP contribution in [0.3, 0.4) is 0 Å². The second kappa shape index (κ2) is 6.17. The van der Waals surface area contributed by atoms with Gasteiger partial charge in [-0.1, -0.05) is 29.3 Å². The van der Waals surface area contributed by atoms with E-state index in [9.17, 15) is 0 Å². The molecule has 0 amide bonds. The Balaban J connectivity index is 2.35. The number of aromatic nitrogens is 2. The summed E-state index contributed by atoms with van der Waals surface area (Å²) in [5.41, 5.74) is 4.48. The average molecular weight is 312 g/mol. The number of aryl methyl sites for hydroxylation is 1. The summed E-state index contributed by atoms with van der Waals surface area (Å²) in [7, 11) is 1.96. The summed E-state index contributed by atoms with van der Waals surface area (Å²) in [4.78, 5) is 0. The molecule has 108 valence electrons. The van der Waals surface area contributed by atoms with Crippen LogP contribution < -0.4 is 5.32 Å². The molecule has 20 heavy (non-hydrogen) atoms. The first-order valence-electron chi connectivity index (χ1n) is 6.59. The van der Waals surface area contributed by atoms with Crippen LogP contribution in [0.5, 0.6) is 0 Å². The van der Waals surface area contributed by atoms with Crippen molar-refractivity contribution < 1.29 is 0 Å². The Kier molecular flexibility index (Phi) is 4.74. The van der Waals surface area contributed by atoms with Crippen LogP contribution in [0.4, 0.5) is 0 Å². The molecule has 0 bridgehead atoms. The molecule has 2 aromatic rings. The normalized spacial score (nSPS) is 12.7. The van der Waals surface area contributed by atoms with Crippen molar-refractivity contribution in [3.63, 3.8) is 0 Å². The van der Waals surface area contributed by atoms with Crippen molar-refractivity contribution in [2.75, 3.05) is 7.05 Å². The van der Waals surface area contributed by atoms with Gasteiger partial charge in [0.15, 0.2) is 0 Å². The third-order valence-electron chi connectivity index (χ3n) is 3.64. The van der Waals surface area contributed by atoms with Crippen LogP contribution in [0.2, 0.25) is 10.0 Å². The number of rotatable bonds is 4. The van der Waals surface area contributed by atoms with Crippen LogP contribution >= 0.6 is 23.2 Å². The van der Waals surface area contributed by atoms with E-state index < -0.39 is 0 Å². The van der Waals surface area contributed by atoms with Crippen LogP contribution in [-0.2, 0) is 6.54 Å². The van der Waals surface area contributed by atoms with Crippen molar-refractivity contribution in [2.24, 2.45) is 0 Å². The molecule has 0 fully saturated rings. The fourth-order valence-electron chi connectivity index (χ4n) is 2.45. The van der Waals surface area contributed by atoms with Gasteiger partial charge in [0.1, 0.15) is 0 Å². The molecule has 1 aromatic heterocycles. The number of halogens is 2. The van der Waals surface area contributed by atoms with E-state index in [2.05, 4.69) is 24.3 Å². The van der Waals surface area contributed by atoms with Gasteiger partial charge in [0.05, 0.1) is 12.2 Å². The van der Waals surface area contributed by atoms with Crippen molar-refractivity contribution in [3.05, 3.63) is 50.8 Å². The van der Waals surface area contributed by atoms with Crippen molar-refractivity contribution in [1.82, 2.24) is 15.1 Å². The predicted octanol–water partition coefficient (Wildman–Crippen LogP) is 4.14. The largest absolute Gasteiger partial charge is 0.313 e. The van der Waals surface area contributed by atoms with E-state index in [1.165, 1.54) is 5.56 Å².